The first-order chi connectivity index (χ1) is 4.45. The topological polar surface area (TPSA) is 12.0 Å². The quantitative estimate of drug-likeness (QED) is 0.507. The second-order valence-electron chi connectivity index (χ2n) is 3.93. The Kier molecular flexibility index (Phi) is 0.704. The molecule has 3 rings (SSSR count). The van der Waals surface area contributed by atoms with Crippen LogP contribution >= 0.6 is 0 Å². The maximum absolute atomic E-state index is 3.54. The largest absolute Gasteiger partial charge is 0.313 e. The Morgan fingerprint density at radius 3 is 2.44 bits per heavy atom. The van der Waals surface area contributed by atoms with Crippen LogP contribution in [0.25, 0.3) is 0 Å². The van der Waals surface area contributed by atoms with Crippen LogP contribution < -0.4 is 5.32 Å². The third kappa shape index (κ3) is 0.420. The minimum Gasteiger partial charge on any atom is -0.313 e. The average molecular weight is 123 g/mol. The standard InChI is InChI=1S/C8H13N/c1-2-6-3-5(1)7-4-9-8(6)7/h5-9H,1-4H2/t5-,6-,7-,8+/m1/s1. The van der Waals surface area contributed by atoms with E-state index in [0.29, 0.717) is 0 Å². The summed E-state index contributed by atoms with van der Waals surface area (Å²) in [6.07, 6.45) is 4.63. The van der Waals surface area contributed by atoms with Gasteiger partial charge in [0.15, 0.2) is 0 Å². The number of rotatable bonds is 0. The van der Waals surface area contributed by atoms with Crippen molar-refractivity contribution < 1.29 is 0 Å². The summed E-state index contributed by atoms with van der Waals surface area (Å²) in [5.74, 6) is 3.35. The SMILES string of the molecule is C1C[C@@H]2C[C@@H]1[C@H]1CN[C@@H]21. The molecule has 9 heavy (non-hydrogen) atoms. The molecule has 0 unspecified atom stereocenters. The van der Waals surface area contributed by atoms with Crippen molar-refractivity contribution in [2.24, 2.45) is 17.8 Å². The van der Waals surface area contributed by atoms with Crippen LogP contribution in [-0.2, 0) is 0 Å². The molecule has 0 aromatic carbocycles. The molecule has 1 N–H and O–H groups in total. The zero-order chi connectivity index (χ0) is 5.84. The van der Waals surface area contributed by atoms with Crippen LogP contribution in [-0.4, -0.2) is 12.6 Å². The van der Waals surface area contributed by atoms with Gasteiger partial charge in [-0.2, -0.15) is 0 Å². The molecule has 1 heteroatoms. The molecule has 50 valence electrons. The normalized spacial score (nSPS) is 61.3. The fraction of sp³-hybridized carbons (Fsp3) is 1.00. The van der Waals surface area contributed by atoms with Crippen molar-refractivity contribution in [2.75, 3.05) is 6.54 Å². The highest BCUT2D eigenvalue weighted by molar-refractivity contribution is 5.06. The lowest BCUT2D eigenvalue weighted by Gasteiger charge is -2.41. The second kappa shape index (κ2) is 1.34. The highest BCUT2D eigenvalue weighted by Crippen LogP contribution is 2.51. The third-order valence-corrected chi connectivity index (χ3v) is 3.68. The highest BCUT2D eigenvalue weighted by Gasteiger charge is 2.51. The second-order valence-corrected chi connectivity index (χ2v) is 3.93. The Hall–Kier alpha value is -0.0400. The molecule has 0 radical (unpaired) electrons. The molecule has 2 bridgehead atoms. The van der Waals surface area contributed by atoms with E-state index in [4.69, 9.17) is 0 Å². The van der Waals surface area contributed by atoms with Crippen molar-refractivity contribution in [1.82, 2.24) is 5.32 Å². The van der Waals surface area contributed by atoms with Gasteiger partial charge >= 0.3 is 0 Å². The Morgan fingerprint density at radius 2 is 2.00 bits per heavy atom. The van der Waals surface area contributed by atoms with Gasteiger partial charge in [0, 0.05) is 6.04 Å². The van der Waals surface area contributed by atoms with Gasteiger partial charge in [-0.15, -0.1) is 0 Å². The minimum atomic E-state index is 0.976. The molecule has 0 aromatic heterocycles. The van der Waals surface area contributed by atoms with Crippen molar-refractivity contribution in [3.05, 3.63) is 0 Å². The van der Waals surface area contributed by atoms with Crippen molar-refractivity contribution in [2.45, 2.75) is 25.3 Å². The molecule has 0 amide bonds. The molecule has 2 aliphatic carbocycles. The number of fused-ring (bicyclic) bond motifs is 5. The van der Waals surface area contributed by atoms with Crippen LogP contribution in [0.3, 0.4) is 0 Å². The summed E-state index contributed by atoms with van der Waals surface area (Å²) in [6.45, 7) is 1.34. The first-order valence-corrected chi connectivity index (χ1v) is 4.18. The molecule has 1 aliphatic heterocycles. The zero-order valence-corrected chi connectivity index (χ0v) is 5.64. The van der Waals surface area contributed by atoms with Gasteiger partial charge in [-0.25, -0.2) is 0 Å². The molecule has 1 heterocycles. The van der Waals surface area contributed by atoms with Crippen LogP contribution in [0.1, 0.15) is 19.3 Å². The highest BCUT2D eigenvalue weighted by atomic mass is 15.0. The van der Waals surface area contributed by atoms with Crippen LogP contribution in [0.4, 0.5) is 0 Å². The van der Waals surface area contributed by atoms with Gasteiger partial charge in [0.1, 0.15) is 0 Å². The fourth-order valence-electron chi connectivity index (χ4n) is 3.13. The summed E-state index contributed by atoms with van der Waals surface area (Å²) in [6, 6.07) is 0.976. The first kappa shape index (κ1) is 4.73. The van der Waals surface area contributed by atoms with Gasteiger partial charge in [-0.05, 0) is 43.6 Å². The maximum Gasteiger partial charge on any atom is 0.0139 e. The maximum atomic E-state index is 3.54. The summed E-state index contributed by atoms with van der Waals surface area (Å²) in [7, 11) is 0. The first-order valence-electron chi connectivity index (χ1n) is 4.18. The predicted octanol–water partition coefficient (Wildman–Crippen LogP) is 1.00. The minimum absolute atomic E-state index is 0.976. The fourth-order valence-corrected chi connectivity index (χ4v) is 3.13. The smallest absolute Gasteiger partial charge is 0.0139 e. The van der Waals surface area contributed by atoms with Crippen molar-refractivity contribution in [3.63, 3.8) is 0 Å². The average Bonchev–Trinajstić information content (AvgIpc) is 2.18. The van der Waals surface area contributed by atoms with E-state index in [1.54, 1.807) is 12.8 Å². The Balaban J connectivity index is 1.94. The monoisotopic (exact) mass is 123 g/mol. The van der Waals surface area contributed by atoms with E-state index in [1.807, 2.05) is 0 Å². The number of hydrogen-bond acceptors (Lipinski definition) is 1. The zero-order valence-electron chi connectivity index (χ0n) is 5.64. The van der Waals surface area contributed by atoms with Gasteiger partial charge < -0.3 is 5.32 Å². The van der Waals surface area contributed by atoms with Gasteiger partial charge in [0.05, 0.1) is 0 Å². The Morgan fingerprint density at radius 1 is 1.11 bits per heavy atom. The van der Waals surface area contributed by atoms with E-state index in [1.165, 1.54) is 13.0 Å². The summed E-state index contributed by atoms with van der Waals surface area (Å²) >= 11 is 0. The molecule has 3 fully saturated rings. The van der Waals surface area contributed by atoms with Gasteiger partial charge in [-0.3, -0.25) is 0 Å². The van der Waals surface area contributed by atoms with E-state index in [2.05, 4.69) is 5.32 Å². The van der Waals surface area contributed by atoms with Crippen LogP contribution in [0.5, 0.6) is 0 Å². The summed E-state index contributed by atoms with van der Waals surface area (Å²) in [5, 5.41) is 3.54. The molecule has 0 spiro atoms. The van der Waals surface area contributed by atoms with Gasteiger partial charge in [0.25, 0.3) is 0 Å². The Bertz CT molecular complexity index is 124. The van der Waals surface area contributed by atoms with Crippen molar-refractivity contribution >= 4 is 0 Å². The summed E-state index contributed by atoms with van der Waals surface area (Å²) in [5.41, 5.74) is 0. The molecular weight excluding hydrogens is 110 g/mol. The molecule has 3 aliphatic rings. The van der Waals surface area contributed by atoms with E-state index in [0.717, 1.165) is 23.8 Å². The Labute approximate surface area is 55.8 Å². The van der Waals surface area contributed by atoms with Gasteiger partial charge in [0.2, 0.25) is 0 Å². The molecule has 4 atom stereocenters. The van der Waals surface area contributed by atoms with E-state index in [-0.39, 0.29) is 0 Å². The van der Waals surface area contributed by atoms with Crippen LogP contribution in [0.15, 0.2) is 0 Å². The molecule has 2 saturated carbocycles. The van der Waals surface area contributed by atoms with E-state index in [9.17, 15) is 0 Å². The van der Waals surface area contributed by atoms with Crippen LogP contribution in [0, 0.1) is 17.8 Å². The van der Waals surface area contributed by atoms with Crippen molar-refractivity contribution in [1.29, 1.82) is 0 Å². The lowest BCUT2D eigenvalue weighted by molar-refractivity contribution is 0.153. The summed E-state index contributed by atoms with van der Waals surface area (Å²) in [4.78, 5) is 0. The lowest BCUT2D eigenvalue weighted by Crippen LogP contribution is -2.55. The third-order valence-electron chi connectivity index (χ3n) is 3.68. The summed E-state index contributed by atoms with van der Waals surface area (Å²) < 4.78 is 0. The van der Waals surface area contributed by atoms with E-state index >= 15 is 0 Å². The predicted molar refractivity (Wildman–Crippen MR) is 36.1 cm³/mol. The van der Waals surface area contributed by atoms with Gasteiger partial charge in [-0.1, -0.05) is 0 Å². The molecule has 1 nitrogen and oxygen atoms in total. The molecule has 1 saturated heterocycles. The molecular formula is C8H13N. The lowest BCUT2D eigenvalue weighted by atomic mass is 9.79. The number of nitrogens with one attached hydrogen (secondary N) is 1. The molecule has 0 aromatic rings. The van der Waals surface area contributed by atoms with E-state index < -0.39 is 0 Å². The number of hydrogen-bond donors (Lipinski definition) is 1. The van der Waals surface area contributed by atoms with Crippen LogP contribution in [0.2, 0.25) is 0 Å². The van der Waals surface area contributed by atoms with Crippen molar-refractivity contribution in [3.8, 4) is 0 Å².